The fraction of sp³-hybridized carbons (Fsp3) is 0.172. The number of aromatic hydroxyl groups is 3. The van der Waals surface area contributed by atoms with Gasteiger partial charge in [0.05, 0.1) is 19.8 Å². The van der Waals surface area contributed by atoms with Crippen LogP contribution in [0.2, 0.25) is 0 Å². The number of methoxy groups -OCH3 is 2. The maximum atomic E-state index is 11.2. The van der Waals surface area contributed by atoms with Crippen LogP contribution in [-0.2, 0) is 6.61 Å². The molecular formula is C29H29NO6. The lowest BCUT2D eigenvalue weighted by Gasteiger charge is -2.19. The van der Waals surface area contributed by atoms with Crippen molar-refractivity contribution in [2.24, 2.45) is 0 Å². The minimum Gasteiger partial charge on any atom is -0.508 e. The molecule has 36 heavy (non-hydrogen) atoms. The number of nitrogens with zero attached hydrogens (tertiary/aromatic N) is 1. The third kappa shape index (κ3) is 4.81. The van der Waals surface area contributed by atoms with Crippen molar-refractivity contribution in [2.45, 2.75) is 6.61 Å². The molecule has 0 unspecified atom stereocenters. The molecule has 3 N–H and O–H groups in total. The van der Waals surface area contributed by atoms with Crippen LogP contribution >= 0.6 is 0 Å². The number of rotatable bonds is 8. The number of hydrogen-bond donors (Lipinski definition) is 3. The molecule has 0 heterocycles. The van der Waals surface area contributed by atoms with Gasteiger partial charge in [0.2, 0.25) is 0 Å². The Morgan fingerprint density at radius 1 is 0.750 bits per heavy atom. The van der Waals surface area contributed by atoms with Crippen LogP contribution in [0.3, 0.4) is 0 Å². The molecule has 0 spiro atoms. The Morgan fingerprint density at radius 2 is 1.44 bits per heavy atom. The zero-order valence-corrected chi connectivity index (χ0v) is 20.6. The van der Waals surface area contributed by atoms with Crippen molar-refractivity contribution >= 4 is 5.69 Å². The van der Waals surface area contributed by atoms with Crippen molar-refractivity contribution in [3.8, 4) is 56.8 Å². The molecule has 0 atom stereocenters. The Kier molecular flexibility index (Phi) is 7.10. The van der Waals surface area contributed by atoms with Gasteiger partial charge < -0.3 is 34.4 Å². The van der Waals surface area contributed by atoms with Crippen LogP contribution in [-0.4, -0.2) is 43.6 Å². The molecule has 0 aromatic heterocycles. The predicted octanol–water partition coefficient (Wildman–Crippen LogP) is 5.80. The second-order valence-corrected chi connectivity index (χ2v) is 8.42. The second kappa shape index (κ2) is 10.4. The summed E-state index contributed by atoms with van der Waals surface area (Å²) in [7, 11) is 6.90. The average molecular weight is 488 g/mol. The summed E-state index contributed by atoms with van der Waals surface area (Å²) < 4.78 is 17.0. The van der Waals surface area contributed by atoms with Crippen molar-refractivity contribution in [2.75, 3.05) is 33.2 Å². The van der Waals surface area contributed by atoms with Gasteiger partial charge >= 0.3 is 0 Å². The van der Waals surface area contributed by atoms with Crippen LogP contribution in [0.5, 0.6) is 34.5 Å². The molecule has 0 saturated heterocycles. The van der Waals surface area contributed by atoms with Crippen molar-refractivity contribution in [3.63, 3.8) is 0 Å². The maximum Gasteiger partial charge on any atom is 0.170 e. The molecular weight excluding hydrogens is 458 g/mol. The van der Waals surface area contributed by atoms with Crippen molar-refractivity contribution in [1.29, 1.82) is 0 Å². The highest BCUT2D eigenvalue weighted by Crippen LogP contribution is 2.50. The molecule has 0 amide bonds. The SMILES string of the molecule is COc1cc(-c2ccc(O)cc2)c(OC)c(O)c1-c1ccc(OCc2ccccc2N(C)C)c(O)c1. The lowest BCUT2D eigenvalue weighted by molar-refractivity contribution is 0.289. The van der Waals surface area contributed by atoms with Gasteiger partial charge in [-0.05, 0) is 47.5 Å². The molecule has 7 heteroatoms. The number of phenolic OH excluding ortho intramolecular Hbond substituents is 3. The van der Waals surface area contributed by atoms with E-state index in [0.29, 0.717) is 28.2 Å². The number of para-hydroxylation sites is 1. The normalized spacial score (nSPS) is 10.7. The third-order valence-corrected chi connectivity index (χ3v) is 5.92. The van der Waals surface area contributed by atoms with E-state index in [4.69, 9.17) is 14.2 Å². The van der Waals surface area contributed by atoms with Gasteiger partial charge in [-0.25, -0.2) is 0 Å². The minimum atomic E-state index is -0.132. The van der Waals surface area contributed by atoms with Crippen molar-refractivity contribution < 1.29 is 29.5 Å². The summed E-state index contributed by atoms with van der Waals surface area (Å²) in [6.07, 6.45) is 0. The predicted molar refractivity (Wildman–Crippen MR) is 141 cm³/mol. The number of anilines is 1. The van der Waals surface area contributed by atoms with Crippen LogP contribution in [0.25, 0.3) is 22.3 Å². The average Bonchev–Trinajstić information content (AvgIpc) is 2.88. The first-order valence-electron chi connectivity index (χ1n) is 11.3. The van der Waals surface area contributed by atoms with Gasteiger partial charge in [-0.15, -0.1) is 0 Å². The lowest BCUT2D eigenvalue weighted by atomic mass is 9.96. The van der Waals surface area contributed by atoms with E-state index in [9.17, 15) is 15.3 Å². The summed E-state index contributed by atoms with van der Waals surface area (Å²) in [5.74, 6) is 0.888. The second-order valence-electron chi connectivity index (χ2n) is 8.42. The lowest BCUT2D eigenvalue weighted by Crippen LogP contribution is -2.12. The number of phenols is 3. The molecule has 0 radical (unpaired) electrons. The van der Waals surface area contributed by atoms with Crippen LogP contribution in [0.4, 0.5) is 5.69 Å². The van der Waals surface area contributed by atoms with Gasteiger partial charge in [-0.1, -0.05) is 36.4 Å². The zero-order valence-electron chi connectivity index (χ0n) is 20.6. The van der Waals surface area contributed by atoms with Gasteiger partial charge in [0.1, 0.15) is 18.1 Å². The first-order chi connectivity index (χ1) is 17.3. The third-order valence-electron chi connectivity index (χ3n) is 5.92. The van der Waals surface area contributed by atoms with E-state index in [1.165, 1.54) is 20.3 Å². The molecule has 7 nitrogen and oxygen atoms in total. The van der Waals surface area contributed by atoms with Gasteiger partial charge in [0.25, 0.3) is 0 Å². The largest absolute Gasteiger partial charge is 0.508 e. The van der Waals surface area contributed by atoms with Gasteiger partial charge in [-0.3, -0.25) is 0 Å². The van der Waals surface area contributed by atoms with Crippen LogP contribution in [0, 0.1) is 0 Å². The van der Waals surface area contributed by atoms with Crippen LogP contribution < -0.4 is 19.1 Å². The number of hydrogen-bond acceptors (Lipinski definition) is 7. The molecule has 4 aromatic rings. The Labute approximate surface area is 210 Å². The minimum absolute atomic E-state index is 0.0714. The Hall–Kier alpha value is -4.52. The van der Waals surface area contributed by atoms with E-state index >= 15 is 0 Å². The smallest absolute Gasteiger partial charge is 0.170 e. The van der Waals surface area contributed by atoms with E-state index in [-0.39, 0.29) is 29.6 Å². The van der Waals surface area contributed by atoms with Gasteiger partial charge in [0.15, 0.2) is 23.0 Å². The Balaban J connectivity index is 1.69. The van der Waals surface area contributed by atoms with Gasteiger partial charge in [0, 0.05) is 30.9 Å². The van der Waals surface area contributed by atoms with Crippen molar-refractivity contribution in [1.82, 2.24) is 0 Å². The fourth-order valence-corrected chi connectivity index (χ4v) is 4.15. The summed E-state index contributed by atoms with van der Waals surface area (Å²) in [4.78, 5) is 2.01. The first-order valence-corrected chi connectivity index (χ1v) is 11.3. The molecule has 4 aromatic carbocycles. The Morgan fingerprint density at radius 3 is 2.08 bits per heavy atom. The van der Waals surface area contributed by atoms with E-state index in [1.807, 2.05) is 43.3 Å². The molecule has 186 valence electrons. The van der Waals surface area contributed by atoms with E-state index in [2.05, 4.69) is 0 Å². The summed E-state index contributed by atoms with van der Waals surface area (Å²) in [6, 6.07) is 21.1. The molecule has 0 bridgehead atoms. The summed E-state index contributed by atoms with van der Waals surface area (Å²) in [5, 5.41) is 31.5. The Bertz CT molecular complexity index is 1370. The summed E-state index contributed by atoms with van der Waals surface area (Å²) >= 11 is 0. The van der Waals surface area contributed by atoms with E-state index in [1.54, 1.807) is 42.5 Å². The van der Waals surface area contributed by atoms with E-state index in [0.717, 1.165) is 16.8 Å². The highest BCUT2D eigenvalue weighted by atomic mass is 16.5. The quantitative estimate of drug-likeness (QED) is 0.289. The van der Waals surface area contributed by atoms with Gasteiger partial charge in [-0.2, -0.15) is 0 Å². The molecule has 0 saturated carbocycles. The summed E-state index contributed by atoms with van der Waals surface area (Å²) in [6.45, 7) is 0.283. The molecule has 0 aliphatic heterocycles. The summed E-state index contributed by atoms with van der Waals surface area (Å²) in [5.41, 5.74) is 4.24. The maximum absolute atomic E-state index is 11.2. The fourth-order valence-electron chi connectivity index (χ4n) is 4.15. The highest BCUT2D eigenvalue weighted by molar-refractivity contribution is 5.88. The van der Waals surface area contributed by atoms with Crippen LogP contribution in [0.1, 0.15) is 5.56 Å². The zero-order chi connectivity index (χ0) is 25.8. The molecule has 0 aliphatic rings. The molecule has 0 aliphatic carbocycles. The number of ether oxygens (including phenoxy) is 3. The number of benzene rings is 4. The standard InChI is InChI=1S/C29H29NO6/c1-30(2)23-8-6-5-7-20(23)17-36-25-14-11-19(15-24(25)32)27-26(34-3)16-22(29(35-4)28(27)33)18-9-12-21(31)13-10-18/h5-16,31-33H,17H2,1-4H3. The van der Waals surface area contributed by atoms with Crippen LogP contribution in [0.15, 0.2) is 72.8 Å². The highest BCUT2D eigenvalue weighted by Gasteiger charge is 2.22. The van der Waals surface area contributed by atoms with E-state index < -0.39 is 0 Å². The first kappa shape index (κ1) is 24.6. The topological polar surface area (TPSA) is 91.6 Å². The van der Waals surface area contributed by atoms with Crippen molar-refractivity contribution in [3.05, 3.63) is 78.4 Å². The molecule has 4 rings (SSSR count). The molecule has 0 fully saturated rings. The monoisotopic (exact) mass is 487 g/mol.